The van der Waals surface area contributed by atoms with Crippen LogP contribution < -0.4 is 5.32 Å². The highest BCUT2D eigenvalue weighted by atomic mass is 32.1. The van der Waals surface area contributed by atoms with Gasteiger partial charge in [0, 0.05) is 18.3 Å². The van der Waals surface area contributed by atoms with Crippen molar-refractivity contribution >= 4 is 12.6 Å². The number of thiol groups is 1. The third-order valence-electron chi connectivity index (χ3n) is 2.65. The Hall–Kier alpha value is 0.310. The van der Waals surface area contributed by atoms with Crippen molar-refractivity contribution in [1.82, 2.24) is 5.32 Å². The monoisotopic (exact) mass is 187 g/mol. The van der Waals surface area contributed by atoms with Crippen LogP contribution in [-0.2, 0) is 0 Å². The van der Waals surface area contributed by atoms with Crippen LogP contribution in [-0.4, -0.2) is 18.3 Å². The molecule has 1 fully saturated rings. The van der Waals surface area contributed by atoms with Crippen LogP contribution in [0.4, 0.5) is 0 Å². The quantitative estimate of drug-likeness (QED) is 0.647. The molecule has 72 valence electrons. The minimum atomic E-state index is 0.789. The van der Waals surface area contributed by atoms with E-state index in [2.05, 4.69) is 17.9 Å². The summed E-state index contributed by atoms with van der Waals surface area (Å²) in [6.07, 6.45) is 9.95. The fraction of sp³-hybridized carbons (Fsp3) is 1.00. The fourth-order valence-electron chi connectivity index (χ4n) is 1.93. The summed E-state index contributed by atoms with van der Waals surface area (Å²) in [5.74, 6) is 0.969. The number of hydrogen-bond donors (Lipinski definition) is 2. The second kappa shape index (κ2) is 6.79. The molecule has 0 unspecified atom stereocenters. The minimum absolute atomic E-state index is 0.789. The average molecular weight is 187 g/mol. The van der Waals surface area contributed by atoms with E-state index in [0.29, 0.717) is 0 Å². The van der Waals surface area contributed by atoms with E-state index in [-0.39, 0.29) is 0 Å². The van der Waals surface area contributed by atoms with Gasteiger partial charge in [-0.05, 0) is 12.8 Å². The van der Waals surface area contributed by atoms with Gasteiger partial charge in [-0.1, -0.05) is 32.1 Å². The van der Waals surface area contributed by atoms with Crippen molar-refractivity contribution in [3.05, 3.63) is 0 Å². The molecule has 1 saturated carbocycles. The SMILES string of the molecule is SCCNC1CCCCCCC1. The number of nitrogens with one attached hydrogen (secondary N) is 1. The third kappa shape index (κ3) is 4.36. The first-order chi connectivity index (χ1) is 5.93. The molecule has 0 aromatic rings. The summed E-state index contributed by atoms with van der Waals surface area (Å²) in [5, 5.41) is 3.56. The van der Waals surface area contributed by atoms with Gasteiger partial charge >= 0.3 is 0 Å². The van der Waals surface area contributed by atoms with E-state index >= 15 is 0 Å². The maximum absolute atomic E-state index is 4.21. The molecule has 0 heterocycles. The van der Waals surface area contributed by atoms with Gasteiger partial charge in [0.25, 0.3) is 0 Å². The molecule has 0 saturated heterocycles. The molecule has 0 aromatic heterocycles. The topological polar surface area (TPSA) is 12.0 Å². The van der Waals surface area contributed by atoms with Gasteiger partial charge in [0.2, 0.25) is 0 Å². The van der Waals surface area contributed by atoms with Crippen LogP contribution in [0.2, 0.25) is 0 Å². The summed E-state index contributed by atoms with van der Waals surface area (Å²) in [6, 6.07) is 0.789. The van der Waals surface area contributed by atoms with Gasteiger partial charge in [-0.3, -0.25) is 0 Å². The van der Waals surface area contributed by atoms with Gasteiger partial charge in [-0.15, -0.1) is 0 Å². The van der Waals surface area contributed by atoms with Crippen LogP contribution >= 0.6 is 12.6 Å². The molecule has 0 amide bonds. The summed E-state index contributed by atoms with van der Waals surface area (Å²) >= 11 is 4.21. The van der Waals surface area contributed by atoms with E-state index in [9.17, 15) is 0 Å². The minimum Gasteiger partial charge on any atom is -0.313 e. The van der Waals surface area contributed by atoms with Gasteiger partial charge in [0.05, 0.1) is 0 Å². The first-order valence-corrected chi connectivity index (χ1v) is 5.91. The second-order valence-corrected chi connectivity index (χ2v) is 4.17. The van der Waals surface area contributed by atoms with Gasteiger partial charge in [-0.25, -0.2) is 0 Å². The molecule has 1 nitrogen and oxygen atoms in total. The van der Waals surface area contributed by atoms with Gasteiger partial charge < -0.3 is 5.32 Å². The van der Waals surface area contributed by atoms with E-state index in [1.807, 2.05) is 0 Å². The zero-order valence-corrected chi connectivity index (χ0v) is 8.78. The summed E-state index contributed by atoms with van der Waals surface area (Å²) in [6.45, 7) is 1.08. The second-order valence-electron chi connectivity index (χ2n) is 3.72. The number of hydrogen-bond acceptors (Lipinski definition) is 2. The van der Waals surface area contributed by atoms with Crippen molar-refractivity contribution < 1.29 is 0 Å². The summed E-state index contributed by atoms with van der Waals surface area (Å²) in [4.78, 5) is 0. The smallest absolute Gasteiger partial charge is 0.00673 e. The lowest BCUT2D eigenvalue weighted by Gasteiger charge is -2.20. The molecule has 1 aliphatic carbocycles. The third-order valence-corrected chi connectivity index (χ3v) is 2.87. The van der Waals surface area contributed by atoms with Crippen molar-refractivity contribution in [1.29, 1.82) is 0 Å². The molecule has 1 N–H and O–H groups in total. The maximum atomic E-state index is 4.21. The Morgan fingerprint density at radius 1 is 1.00 bits per heavy atom. The van der Waals surface area contributed by atoms with Crippen LogP contribution in [0, 0.1) is 0 Å². The lowest BCUT2D eigenvalue weighted by atomic mass is 9.97. The van der Waals surface area contributed by atoms with E-state index < -0.39 is 0 Å². The Balaban J connectivity index is 2.11. The van der Waals surface area contributed by atoms with Crippen LogP contribution in [0.5, 0.6) is 0 Å². The Kier molecular flexibility index (Phi) is 5.88. The van der Waals surface area contributed by atoms with Crippen LogP contribution in [0.25, 0.3) is 0 Å². The first-order valence-electron chi connectivity index (χ1n) is 5.27. The summed E-state index contributed by atoms with van der Waals surface area (Å²) in [7, 11) is 0. The van der Waals surface area contributed by atoms with Gasteiger partial charge in [-0.2, -0.15) is 12.6 Å². The predicted molar refractivity (Wildman–Crippen MR) is 58.0 cm³/mol. The zero-order valence-electron chi connectivity index (χ0n) is 7.89. The molecule has 0 bridgehead atoms. The molecule has 0 aliphatic heterocycles. The van der Waals surface area contributed by atoms with Crippen molar-refractivity contribution in [3.63, 3.8) is 0 Å². The molecule has 2 heteroatoms. The Bertz CT molecular complexity index is 95.3. The van der Waals surface area contributed by atoms with Gasteiger partial charge in [0.1, 0.15) is 0 Å². The van der Waals surface area contributed by atoms with E-state index in [1.54, 1.807) is 0 Å². The highest BCUT2D eigenvalue weighted by Gasteiger charge is 2.09. The zero-order chi connectivity index (χ0) is 8.65. The van der Waals surface area contributed by atoms with Crippen molar-refractivity contribution in [2.45, 2.75) is 51.0 Å². The Morgan fingerprint density at radius 3 is 2.17 bits per heavy atom. The molecule has 0 spiro atoms. The Morgan fingerprint density at radius 2 is 1.58 bits per heavy atom. The molecule has 0 aromatic carbocycles. The first kappa shape index (κ1) is 10.4. The molecule has 12 heavy (non-hydrogen) atoms. The highest BCUT2D eigenvalue weighted by Crippen LogP contribution is 2.16. The normalized spacial score (nSPS) is 21.8. The molecular weight excluding hydrogens is 166 g/mol. The van der Waals surface area contributed by atoms with Crippen LogP contribution in [0.1, 0.15) is 44.9 Å². The van der Waals surface area contributed by atoms with Crippen molar-refractivity contribution in [2.24, 2.45) is 0 Å². The molecule has 1 aliphatic rings. The summed E-state index contributed by atoms with van der Waals surface area (Å²) in [5.41, 5.74) is 0. The van der Waals surface area contributed by atoms with E-state index in [4.69, 9.17) is 0 Å². The lowest BCUT2D eigenvalue weighted by Crippen LogP contribution is -2.31. The number of rotatable bonds is 3. The van der Waals surface area contributed by atoms with Gasteiger partial charge in [0.15, 0.2) is 0 Å². The summed E-state index contributed by atoms with van der Waals surface area (Å²) < 4.78 is 0. The van der Waals surface area contributed by atoms with Crippen LogP contribution in [0.15, 0.2) is 0 Å². The highest BCUT2D eigenvalue weighted by molar-refractivity contribution is 7.80. The van der Waals surface area contributed by atoms with Crippen molar-refractivity contribution in [2.75, 3.05) is 12.3 Å². The fourth-order valence-corrected chi connectivity index (χ4v) is 2.06. The molecule has 0 atom stereocenters. The molecular formula is C10H21NS. The Labute approximate surface area is 81.7 Å². The van der Waals surface area contributed by atoms with Crippen molar-refractivity contribution in [3.8, 4) is 0 Å². The average Bonchev–Trinajstić information content (AvgIpc) is 2.02. The van der Waals surface area contributed by atoms with E-state index in [0.717, 1.165) is 18.3 Å². The van der Waals surface area contributed by atoms with Crippen LogP contribution in [0.3, 0.4) is 0 Å². The standard InChI is InChI=1S/C10H21NS/c12-9-8-11-10-6-4-2-1-3-5-7-10/h10-12H,1-9H2. The largest absolute Gasteiger partial charge is 0.313 e. The lowest BCUT2D eigenvalue weighted by molar-refractivity contribution is 0.397. The predicted octanol–water partition coefficient (Wildman–Crippen LogP) is 2.62. The molecule has 1 rings (SSSR count). The van der Waals surface area contributed by atoms with E-state index in [1.165, 1.54) is 44.9 Å². The molecule has 0 radical (unpaired) electrons. The maximum Gasteiger partial charge on any atom is 0.00673 e.